The van der Waals surface area contributed by atoms with Gasteiger partial charge >= 0.3 is 12.4 Å². The summed E-state index contributed by atoms with van der Waals surface area (Å²) in [5.74, 6) is 0. The summed E-state index contributed by atoms with van der Waals surface area (Å²) in [6.45, 7) is 1.06. The van der Waals surface area contributed by atoms with Crippen molar-refractivity contribution in [1.82, 2.24) is 9.78 Å². The normalized spacial score (nSPS) is 20.0. The molecule has 0 bridgehead atoms. The summed E-state index contributed by atoms with van der Waals surface area (Å²) in [5.41, 5.74) is -4.39. The van der Waals surface area contributed by atoms with Crippen LogP contribution in [0.25, 0.3) is 0 Å². The molecule has 0 fully saturated rings. The number of methoxy groups -OCH3 is 1. The molecule has 5 nitrogen and oxygen atoms in total. The smallest absolute Gasteiger partial charge is 0.372 e. The first kappa shape index (κ1) is 21.6. The highest BCUT2D eigenvalue weighted by atomic mass is 79.9. The van der Waals surface area contributed by atoms with E-state index >= 15 is 0 Å². The van der Waals surface area contributed by atoms with E-state index in [4.69, 9.17) is 4.84 Å². The highest BCUT2D eigenvalue weighted by molar-refractivity contribution is 9.10. The van der Waals surface area contributed by atoms with Crippen molar-refractivity contribution < 1.29 is 35.9 Å². The van der Waals surface area contributed by atoms with Gasteiger partial charge in [0.05, 0.1) is 12.1 Å². The minimum absolute atomic E-state index is 0.0484. The number of halogens is 7. The summed E-state index contributed by atoms with van der Waals surface area (Å²) in [7, 11) is 1.10. The van der Waals surface area contributed by atoms with Crippen LogP contribution in [0.1, 0.15) is 28.9 Å². The zero-order valence-electron chi connectivity index (χ0n) is 15.0. The minimum atomic E-state index is -5.07. The summed E-state index contributed by atoms with van der Waals surface area (Å²) in [5, 5.41) is 7.03. The number of aryl methyl sites for hydroxylation is 1. The Hall–Kier alpha value is -2.08. The molecular weight excluding hydrogens is 472 g/mol. The molecule has 3 rings (SSSR count). The zero-order chi connectivity index (χ0) is 21.6. The molecule has 0 N–H and O–H groups in total. The van der Waals surface area contributed by atoms with Crippen molar-refractivity contribution in [2.75, 3.05) is 7.11 Å². The predicted octanol–water partition coefficient (Wildman–Crippen LogP) is 5.16. The van der Waals surface area contributed by atoms with Gasteiger partial charge in [0.25, 0.3) is 5.60 Å². The largest absolute Gasteiger partial charge is 0.437 e. The van der Waals surface area contributed by atoms with Crippen LogP contribution in [0.3, 0.4) is 0 Å². The van der Waals surface area contributed by atoms with E-state index in [-0.39, 0.29) is 5.71 Å². The first-order chi connectivity index (χ1) is 13.4. The number of rotatable bonds is 4. The Morgan fingerprint density at radius 1 is 1.21 bits per heavy atom. The second kappa shape index (κ2) is 7.31. The molecule has 2 aromatic rings. The lowest BCUT2D eigenvalue weighted by Crippen LogP contribution is -2.43. The van der Waals surface area contributed by atoms with Gasteiger partial charge in [-0.3, -0.25) is 0 Å². The van der Waals surface area contributed by atoms with Crippen LogP contribution in [0.2, 0.25) is 0 Å². The third kappa shape index (κ3) is 3.87. The number of benzene rings is 1. The first-order valence-electron chi connectivity index (χ1n) is 8.12. The molecule has 1 aromatic heterocycles. The van der Waals surface area contributed by atoms with Gasteiger partial charge in [0.2, 0.25) is 0 Å². The molecule has 0 spiro atoms. The van der Waals surface area contributed by atoms with Gasteiger partial charge in [-0.1, -0.05) is 27.2 Å². The molecule has 0 radical (unpaired) electrons. The fraction of sp³-hybridized carbons (Fsp3) is 0.412. The molecule has 2 heterocycles. The molecule has 1 aliphatic heterocycles. The Bertz CT molecular complexity index is 954. The third-order valence-electron chi connectivity index (χ3n) is 4.41. The third-order valence-corrected chi connectivity index (χ3v) is 5.30. The van der Waals surface area contributed by atoms with Gasteiger partial charge in [0.15, 0.2) is 0 Å². The molecule has 0 aliphatic carbocycles. The standard InChI is InChI=1S/C17H14BrF6N3O2/c1-9-5-10(3-4-11(9)18)12-7-15(29-26-12,17(22,23)24)13-6-14(16(19,20)21)27(25-13)8-28-2/h3-6H,7-8H2,1-2H3. The van der Waals surface area contributed by atoms with Gasteiger partial charge in [0.1, 0.15) is 18.1 Å². The number of oxime groups is 1. The van der Waals surface area contributed by atoms with E-state index < -0.39 is 42.5 Å². The lowest BCUT2D eigenvalue weighted by Gasteiger charge is -2.27. The molecule has 158 valence electrons. The van der Waals surface area contributed by atoms with Crippen LogP contribution in [0, 0.1) is 6.92 Å². The average molecular weight is 486 g/mol. The van der Waals surface area contributed by atoms with Crippen LogP contribution < -0.4 is 0 Å². The van der Waals surface area contributed by atoms with Crippen molar-refractivity contribution in [3.8, 4) is 0 Å². The van der Waals surface area contributed by atoms with Crippen molar-refractivity contribution in [1.29, 1.82) is 0 Å². The molecule has 0 amide bonds. The van der Waals surface area contributed by atoms with E-state index in [9.17, 15) is 26.3 Å². The highest BCUT2D eigenvalue weighted by Crippen LogP contribution is 2.49. The van der Waals surface area contributed by atoms with E-state index in [0.29, 0.717) is 16.3 Å². The summed E-state index contributed by atoms with van der Waals surface area (Å²) in [6, 6.07) is 5.09. The SMILES string of the molecule is COCn1nc(C2(C(F)(F)F)CC(c3ccc(Br)c(C)c3)=NO2)cc1C(F)(F)F. The number of hydrogen-bond acceptors (Lipinski definition) is 4. The maximum absolute atomic E-state index is 14.0. The highest BCUT2D eigenvalue weighted by Gasteiger charge is 2.64. The quantitative estimate of drug-likeness (QED) is 0.562. The van der Waals surface area contributed by atoms with E-state index in [1.165, 1.54) is 6.07 Å². The monoisotopic (exact) mass is 485 g/mol. The van der Waals surface area contributed by atoms with Crippen molar-refractivity contribution in [2.24, 2.45) is 5.16 Å². The van der Waals surface area contributed by atoms with Gasteiger partial charge in [-0.05, 0) is 36.2 Å². The number of alkyl halides is 6. The topological polar surface area (TPSA) is 48.6 Å². The van der Waals surface area contributed by atoms with E-state index in [1.54, 1.807) is 19.1 Å². The molecule has 1 aliphatic rings. The van der Waals surface area contributed by atoms with Gasteiger partial charge < -0.3 is 9.57 Å². The minimum Gasteiger partial charge on any atom is -0.372 e. The fourth-order valence-electron chi connectivity index (χ4n) is 2.91. The van der Waals surface area contributed by atoms with Crippen molar-refractivity contribution in [2.45, 2.75) is 38.0 Å². The van der Waals surface area contributed by atoms with Crippen molar-refractivity contribution in [3.63, 3.8) is 0 Å². The average Bonchev–Trinajstić information content (AvgIpc) is 3.22. The lowest BCUT2D eigenvalue weighted by molar-refractivity contribution is -0.277. The molecule has 1 aromatic carbocycles. The number of nitrogens with zero attached hydrogens (tertiary/aromatic N) is 3. The van der Waals surface area contributed by atoms with Crippen molar-refractivity contribution >= 4 is 21.6 Å². The maximum atomic E-state index is 14.0. The summed E-state index contributed by atoms with van der Waals surface area (Å²) in [6.07, 6.45) is -10.8. The number of ether oxygens (including phenoxy) is 1. The maximum Gasteiger partial charge on any atom is 0.437 e. The summed E-state index contributed by atoms with van der Waals surface area (Å²) < 4.78 is 87.4. The number of aromatic nitrogens is 2. The van der Waals surface area contributed by atoms with Gasteiger partial charge in [-0.2, -0.15) is 31.4 Å². The molecule has 12 heteroatoms. The van der Waals surface area contributed by atoms with E-state index in [0.717, 1.165) is 17.1 Å². The Labute approximate surface area is 169 Å². The van der Waals surface area contributed by atoms with Gasteiger partial charge in [-0.15, -0.1) is 0 Å². The van der Waals surface area contributed by atoms with Crippen LogP contribution in [-0.2, 0) is 28.1 Å². The van der Waals surface area contributed by atoms with E-state index in [1.807, 2.05) is 0 Å². The lowest BCUT2D eigenvalue weighted by atomic mass is 9.90. The molecule has 0 saturated carbocycles. The van der Waals surface area contributed by atoms with Crippen LogP contribution in [0.4, 0.5) is 26.3 Å². The van der Waals surface area contributed by atoms with Crippen LogP contribution in [0.5, 0.6) is 0 Å². The summed E-state index contributed by atoms with van der Waals surface area (Å²) >= 11 is 3.29. The van der Waals surface area contributed by atoms with Gasteiger partial charge in [-0.25, -0.2) is 4.68 Å². The van der Waals surface area contributed by atoms with Crippen LogP contribution >= 0.6 is 15.9 Å². The molecule has 29 heavy (non-hydrogen) atoms. The zero-order valence-corrected chi connectivity index (χ0v) is 16.6. The second-order valence-corrected chi connectivity index (χ2v) is 7.28. The fourth-order valence-corrected chi connectivity index (χ4v) is 3.16. The van der Waals surface area contributed by atoms with E-state index in [2.05, 4.69) is 30.9 Å². The first-order valence-corrected chi connectivity index (χ1v) is 8.91. The van der Waals surface area contributed by atoms with Crippen molar-refractivity contribution in [3.05, 3.63) is 51.3 Å². The molecule has 1 unspecified atom stereocenters. The Balaban J connectivity index is 2.06. The van der Waals surface area contributed by atoms with Crippen LogP contribution in [-0.4, -0.2) is 28.8 Å². The molecule has 1 atom stereocenters. The Morgan fingerprint density at radius 3 is 2.45 bits per heavy atom. The second-order valence-electron chi connectivity index (χ2n) is 6.42. The van der Waals surface area contributed by atoms with Gasteiger partial charge in [0, 0.05) is 11.6 Å². The number of hydrogen-bond donors (Lipinski definition) is 0. The molecular formula is C17H14BrF6N3O2. The molecule has 0 saturated heterocycles. The predicted molar refractivity (Wildman–Crippen MR) is 93.1 cm³/mol. The van der Waals surface area contributed by atoms with Crippen LogP contribution in [0.15, 0.2) is 33.9 Å². The Kier molecular flexibility index (Phi) is 5.45. The summed E-state index contributed by atoms with van der Waals surface area (Å²) in [4.78, 5) is 4.75. The Morgan fingerprint density at radius 2 is 1.90 bits per heavy atom.